The molecule has 12 rings (SSSR count). The van der Waals surface area contributed by atoms with Crippen LogP contribution in [0.2, 0.25) is 0 Å². The van der Waals surface area contributed by atoms with Gasteiger partial charge in [0.25, 0.3) is 23.6 Å². The zero-order valence-corrected chi connectivity index (χ0v) is 41.1. The molecule has 0 unspecified atom stereocenters. The highest BCUT2D eigenvalue weighted by Gasteiger charge is 2.46. The van der Waals surface area contributed by atoms with Crippen molar-refractivity contribution >= 4 is 57.6 Å². The lowest BCUT2D eigenvalue weighted by atomic mass is 9.99. The Morgan fingerprint density at radius 3 is 1.34 bits per heavy atom. The van der Waals surface area contributed by atoms with Crippen LogP contribution in [-0.2, 0) is 13.1 Å². The van der Waals surface area contributed by atoms with Crippen LogP contribution < -0.4 is 14.2 Å². The van der Waals surface area contributed by atoms with E-state index in [9.17, 15) is 42.7 Å². The van der Waals surface area contributed by atoms with Gasteiger partial charge in [-0.25, -0.2) is 18.4 Å². The van der Waals surface area contributed by atoms with Crippen molar-refractivity contribution in [2.45, 2.75) is 44.9 Å². The van der Waals surface area contributed by atoms with Crippen molar-refractivity contribution in [3.63, 3.8) is 0 Å². The first-order valence-electron chi connectivity index (χ1n) is 24.9. The molecule has 0 bridgehead atoms. The topological polar surface area (TPSA) is 189 Å². The van der Waals surface area contributed by atoms with Crippen LogP contribution in [0.25, 0.3) is 21.8 Å². The van der Waals surface area contributed by atoms with E-state index in [4.69, 9.17) is 14.2 Å². The van der Waals surface area contributed by atoms with Gasteiger partial charge in [0.15, 0.2) is 23.0 Å². The molecule has 2 saturated heterocycles. The smallest absolute Gasteiger partial charge is 0.415 e. The number of amides is 6. The highest BCUT2D eigenvalue weighted by atomic mass is 19.1. The second-order valence-corrected chi connectivity index (χ2v) is 18.7. The number of benzene rings is 6. The molecule has 16 nitrogen and oxygen atoms in total. The van der Waals surface area contributed by atoms with Crippen LogP contribution in [0.3, 0.4) is 0 Å². The maximum absolute atomic E-state index is 14.3. The molecule has 386 valence electrons. The Kier molecular flexibility index (Phi) is 13.5. The number of aromatic nitrogens is 2. The number of ether oxygens (including phenoxy) is 3. The Labute approximate surface area is 438 Å². The second-order valence-electron chi connectivity index (χ2n) is 18.7. The zero-order chi connectivity index (χ0) is 53.3. The summed E-state index contributed by atoms with van der Waals surface area (Å²) in [6.07, 6.45) is 4.52. The third kappa shape index (κ3) is 9.49. The largest absolute Gasteiger partial charge is 0.505 e. The average Bonchev–Trinajstić information content (AvgIpc) is 4.50. The van der Waals surface area contributed by atoms with E-state index in [0.29, 0.717) is 42.7 Å². The Balaban J connectivity index is 0.000000174. The summed E-state index contributed by atoms with van der Waals surface area (Å²) in [6.45, 7) is 1.92. The first kappa shape index (κ1) is 49.6. The fraction of sp³-hybridized carbons (Fsp3) is 0.186. The molecule has 2 aromatic heterocycles. The van der Waals surface area contributed by atoms with Gasteiger partial charge in [-0.05, 0) is 96.5 Å². The summed E-state index contributed by atoms with van der Waals surface area (Å²) in [6, 6.07) is 36.6. The van der Waals surface area contributed by atoms with Gasteiger partial charge in [0, 0.05) is 49.3 Å². The summed E-state index contributed by atoms with van der Waals surface area (Å²) in [5, 5.41) is 11.4. The van der Waals surface area contributed by atoms with E-state index in [1.165, 1.54) is 59.6 Å². The number of carbonyl (C=O) groups is 6. The monoisotopic (exact) mass is 1040 g/mol. The average molecular weight is 1040 g/mol. The van der Waals surface area contributed by atoms with Crippen molar-refractivity contribution in [1.82, 2.24) is 29.6 Å². The van der Waals surface area contributed by atoms with Gasteiger partial charge in [-0.1, -0.05) is 84.9 Å². The quantitative estimate of drug-likeness (QED) is 0.128. The van der Waals surface area contributed by atoms with Crippen LogP contribution in [0.1, 0.15) is 95.5 Å². The lowest BCUT2D eigenvalue weighted by Crippen LogP contribution is -2.31. The van der Waals surface area contributed by atoms with Gasteiger partial charge >= 0.3 is 12.2 Å². The van der Waals surface area contributed by atoms with Crippen LogP contribution in [-0.4, -0.2) is 96.7 Å². The number of carbonyl (C=O) groups excluding carboxylic acids is 6. The molecule has 77 heavy (non-hydrogen) atoms. The molecule has 6 aromatic carbocycles. The van der Waals surface area contributed by atoms with Crippen LogP contribution in [0.5, 0.6) is 23.0 Å². The molecule has 18 heteroatoms. The number of phenols is 1. The van der Waals surface area contributed by atoms with E-state index in [1.807, 2.05) is 60.7 Å². The highest BCUT2D eigenvalue weighted by Crippen LogP contribution is 2.48. The molecule has 0 atom stereocenters. The van der Waals surface area contributed by atoms with E-state index in [1.54, 1.807) is 35.4 Å². The number of nitrogens with zero attached hydrogens (tertiary/aromatic N) is 6. The van der Waals surface area contributed by atoms with Crippen LogP contribution in [0.15, 0.2) is 146 Å². The maximum atomic E-state index is 14.3. The molecule has 6 heterocycles. The Hall–Kier alpha value is -9.58. The van der Waals surface area contributed by atoms with Crippen molar-refractivity contribution in [2.24, 2.45) is 0 Å². The van der Waals surface area contributed by atoms with Crippen molar-refractivity contribution in [1.29, 1.82) is 0 Å². The summed E-state index contributed by atoms with van der Waals surface area (Å²) in [4.78, 5) is 94.7. The van der Waals surface area contributed by atoms with Gasteiger partial charge < -0.3 is 29.1 Å². The van der Waals surface area contributed by atoms with Gasteiger partial charge in [-0.3, -0.25) is 38.9 Å². The molecule has 0 aliphatic carbocycles. The number of phenolic OH excluding ortho intramolecular Hbond substituents is 1. The third-order valence-electron chi connectivity index (χ3n) is 13.9. The van der Waals surface area contributed by atoms with Crippen LogP contribution in [0, 0.1) is 11.6 Å². The van der Waals surface area contributed by atoms with E-state index >= 15 is 0 Å². The molecule has 2 fully saturated rings. The Morgan fingerprint density at radius 2 is 0.883 bits per heavy atom. The fourth-order valence-corrected chi connectivity index (χ4v) is 10.0. The summed E-state index contributed by atoms with van der Waals surface area (Å²) >= 11 is 0. The molecule has 6 amide bonds. The fourth-order valence-electron chi connectivity index (χ4n) is 10.0. The molecule has 8 aromatic rings. The van der Waals surface area contributed by atoms with Crippen molar-refractivity contribution < 1.29 is 56.9 Å². The second kappa shape index (κ2) is 21.0. The third-order valence-corrected chi connectivity index (χ3v) is 13.9. The molecule has 0 saturated carbocycles. The summed E-state index contributed by atoms with van der Waals surface area (Å²) < 4.78 is 45.3. The predicted molar refractivity (Wildman–Crippen MR) is 275 cm³/mol. The molecular weight excluding hydrogens is 991 g/mol. The van der Waals surface area contributed by atoms with Crippen molar-refractivity contribution in [3.05, 3.63) is 202 Å². The number of halogens is 2. The number of likely N-dealkylation sites (tertiary alicyclic amines) is 2. The number of imide groups is 2. The predicted octanol–water partition coefficient (Wildman–Crippen LogP) is 10.4. The van der Waals surface area contributed by atoms with E-state index in [-0.39, 0.29) is 69.0 Å². The van der Waals surface area contributed by atoms with Crippen molar-refractivity contribution in [2.75, 3.05) is 26.2 Å². The normalized spacial score (nSPS) is 14.8. The Morgan fingerprint density at radius 1 is 0.494 bits per heavy atom. The van der Waals surface area contributed by atoms with Gasteiger partial charge in [0.1, 0.15) is 51.0 Å². The first-order chi connectivity index (χ1) is 37.4. The summed E-state index contributed by atoms with van der Waals surface area (Å²) in [5.41, 5.74) is 2.53. The van der Waals surface area contributed by atoms with E-state index < -0.39 is 59.3 Å². The molecule has 4 aliphatic heterocycles. The lowest BCUT2D eigenvalue weighted by Gasteiger charge is -2.23. The number of hydrogen-bond acceptors (Lipinski definition) is 12. The number of fused-ring (bicyclic) bond motifs is 4. The van der Waals surface area contributed by atoms with Gasteiger partial charge in [0.2, 0.25) is 0 Å². The summed E-state index contributed by atoms with van der Waals surface area (Å²) in [5.74, 6) is -4.06. The minimum atomic E-state index is -0.738. The molecule has 1 N–H and O–H groups in total. The molecule has 0 spiro atoms. The highest BCUT2D eigenvalue weighted by molar-refractivity contribution is 6.28. The first-order valence-corrected chi connectivity index (χ1v) is 24.9. The minimum Gasteiger partial charge on any atom is -0.505 e. The number of pyridine rings is 2. The SMILES string of the molecule is O=C(Oc1c2c(c(O)c3ncccc13)C(=O)N(Cc1ccc(F)cc1)C2=O)N1CCCC1.O=C(Oc1c2c(c(OC(c3ccccc3)c3ccccc3)c3ncccc13)C(=O)N(Cc1ccc(F)cc1)C2=O)N1CCCC1. The van der Waals surface area contributed by atoms with Gasteiger partial charge in [-0.2, -0.15) is 0 Å². The standard InChI is InChI=1S/C36H28FN3O5.C23H18FN3O5/c37-26-17-15-23(16-18-26)22-40-34(41)28-29(35(40)42)33(44-31(24-10-3-1-4-11-24)25-12-5-2-6-13-25)30-27(14-9-19-38-30)32(28)45-36(43)39-20-7-8-21-39;24-14-7-5-13(6-8-14)12-27-21(29)16-17(22(27)30)20(32-23(31)26-10-1-2-11-26)15-4-3-9-25-18(15)19(16)28/h1-6,9-19,31H,7-8,20-22H2;3-9,28H,1-2,10-12H2. The van der Waals surface area contributed by atoms with E-state index in [2.05, 4.69) is 9.97 Å². The number of hydrogen-bond donors (Lipinski definition) is 1. The zero-order valence-electron chi connectivity index (χ0n) is 41.1. The molecule has 4 aliphatic rings. The van der Waals surface area contributed by atoms with Gasteiger partial charge in [-0.15, -0.1) is 0 Å². The van der Waals surface area contributed by atoms with E-state index in [0.717, 1.165) is 46.6 Å². The molecular formula is C59H46F2N6O10. The van der Waals surface area contributed by atoms with Gasteiger partial charge in [0.05, 0.1) is 13.1 Å². The lowest BCUT2D eigenvalue weighted by molar-refractivity contribution is 0.0624. The number of rotatable bonds is 10. The Bertz CT molecular complexity index is 3610. The summed E-state index contributed by atoms with van der Waals surface area (Å²) in [7, 11) is 0. The molecule has 0 radical (unpaired) electrons. The van der Waals surface area contributed by atoms with Crippen LogP contribution >= 0.6 is 0 Å². The van der Waals surface area contributed by atoms with Crippen molar-refractivity contribution in [3.8, 4) is 23.0 Å². The number of aromatic hydroxyl groups is 1. The maximum Gasteiger partial charge on any atom is 0.415 e. The minimum absolute atomic E-state index is 0.0330. The van der Waals surface area contributed by atoms with Crippen LogP contribution in [0.4, 0.5) is 18.4 Å².